The maximum atomic E-state index is 7.67. The van der Waals surface area contributed by atoms with Crippen molar-refractivity contribution in [3.8, 4) is 67.5 Å². The molecule has 4 nitrogen and oxygen atoms in total. The molecule has 0 aliphatic carbocycles. The first kappa shape index (κ1) is 36.8. The van der Waals surface area contributed by atoms with Crippen LogP contribution in [0, 0.1) is 6.92 Å². The minimum atomic E-state index is -1.01. The second-order valence-corrected chi connectivity index (χ2v) is 20.4. The molecule has 2 aromatic heterocycles. The van der Waals surface area contributed by atoms with Crippen LogP contribution in [0.15, 0.2) is 140 Å². The van der Waals surface area contributed by atoms with E-state index in [2.05, 4.69) is 223 Å². The lowest BCUT2D eigenvalue weighted by atomic mass is 9.80. The molecule has 0 bridgehead atoms. The number of nitrogens with zero attached hydrogens (tertiary/aromatic N) is 3. The van der Waals surface area contributed by atoms with Crippen LogP contribution in [0.5, 0.6) is 5.75 Å². The van der Waals surface area contributed by atoms with E-state index in [4.69, 9.17) is 4.74 Å². The van der Waals surface area contributed by atoms with Crippen molar-refractivity contribution in [2.24, 2.45) is 0 Å². The minimum Gasteiger partial charge on any atom is -0.392 e. The van der Waals surface area contributed by atoms with E-state index < -0.39 is 5.85 Å². The van der Waals surface area contributed by atoms with Crippen LogP contribution in [0.4, 0.5) is 0 Å². The van der Waals surface area contributed by atoms with E-state index >= 15 is 0 Å². The van der Waals surface area contributed by atoms with Crippen LogP contribution in [-0.4, -0.2) is 4.57 Å². The lowest BCUT2D eigenvalue weighted by Gasteiger charge is -2.33. The van der Waals surface area contributed by atoms with Crippen LogP contribution in [-0.2, 0) is 22.1 Å². The van der Waals surface area contributed by atoms with Crippen molar-refractivity contribution in [3.63, 3.8) is 0 Å². The number of para-hydroxylation sites is 2. The van der Waals surface area contributed by atoms with Gasteiger partial charge in [-0.15, -0.1) is 9.13 Å². The summed E-state index contributed by atoms with van der Waals surface area (Å²) < 4.78 is 15.2. The molecule has 60 heavy (non-hydrogen) atoms. The summed E-state index contributed by atoms with van der Waals surface area (Å²) in [6.07, 6.45) is 2.27. The Balaban J connectivity index is 1.28. The number of aromatic nitrogens is 3. The van der Waals surface area contributed by atoms with Crippen molar-refractivity contribution in [3.05, 3.63) is 167 Å². The largest absolute Gasteiger partial charge is 0.499 e. The normalized spacial score (nSPS) is 16.0. The van der Waals surface area contributed by atoms with Crippen LogP contribution in [0.1, 0.15) is 90.1 Å². The van der Waals surface area contributed by atoms with Gasteiger partial charge in [-0.1, -0.05) is 141 Å². The van der Waals surface area contributed by atoms with E-state index in [9.17, 15) is 0 Å². The van der Waals surface area contributed by atoms with Gasteiger partial charge in [-0.25, -0.2) is 0 Å². The number of hydrogen-bond acceptors (Lipinski definition) is 1. The van der Waals surface area contributed by atoms with Crippen molar-refractivity contribution in [2.75, 3.05) is 0 Å². The Morgan fingerprint density at radius 3 is 1.87 bits per heavy atom. The third-order valence-corrected chi connectivity index (χ3v) is 13.3. The lowest BCUT2D eigenvalue weighted by Crippen LogP contribution is -2.78. The maximum absolute atomic E-state index is 7.67. The number of hydrogen-bond donors (Lipinski definition) is 0. The molecule has 11 rings (SSSR count). The molecule has 0 N–H and O–H groups in total. The van der Waals surface area contributed by atoms with Crippen molar-refractivity contribution in [2.45, 2.75) is 91.3 Å². The zero-order chi connectivity index (χ0) is 41.7. The summed E-state index contributed by atoms with van der Waals surface area (Å²) in [4.78, 5) is 0. The molecular weight excluding hydrogens is 731 g/mol. The van der Waals surface area contributed by atoms with Gasteiger partial charge in [0.05, 0.1) is 5.56 Å². The van der Waals surface area contributed by atoms with Gasteiger partial charge in [0.2, 0.25) is 5.69 Å². The average molecular weight is 784 g/mol. The molecule has 1 spiro atoms. The van der Waals surface area contributed by atoms with Crippen LogP contribution < -0.4 is 13.9 Å². The SMILES string of the molecule is Cc1ccc(-c2cc[n+]3c(c2)-c2cc(C(C)(C)C)cc4c2C32Oc3ccccc3-c3n(-c5ccc(C(C)(C)C)cc5-c5ccc(C(C)(C)C)cc5)c5cccc-4c5[n+]32)cc1. The fraction of sp³-hybridized carbons (Fsp3) is 0.250. The zero-order valence-corrected chi connectivity index (χ0v) is 36.5. The van der Waals surface area contributed by atoms with Gasteiger partial charge in [0.15, 0.2) is 17.2 Å². The predicted octanol–water partition coefficient (Wildman–Crippen LogP) is 13.0. The summed E-state index contributed by atoms with van der Waals surface area (Å²) in [6.45, 7) is 22.9. The molecule has 0 saturated heterocycles. The highest BCUT2D eigenvalue weighted by Crippen LogP contribution is 2.54. The van der Waals surface area contributed by atoms with E-state index in [0.29, 0.717) is 0 Å². The van der Waals surface area contributed by atoms with Gasteiger partial charge in [0.25, 0.3) is 0 Å². The number of imidazole rings is 1. The van der Waals surface area contributed by atoms with Crippen LogP contribution >= 0.6 is 0 Å². The van der Waals surface area contributed by atoms with Gasteiger partial charge in [-0.3, -0.25) is 0 Å². The Bertz CT molecular complexity index is 3110. The molecule has 0 saturated carbocycles. The first-order valence-electron chi connectivity index (χ1n) is 21.5. The third kappa shape index (κ3) is 5.09. The average Bonchev–Trinajstić information content (AvgIpc) is 3.71. The molecule has 3 aliphatic rings. The highest BCUT2D eigenvalue weighted by Gasteiger charge is 2.68. The minimum absolute atomic E-state index is 0.0312. The molecular formula is C56H53N3O+2. The number of rotatable bonds is 3. The lowest BCUT2D eigenvalue weighted by molar-refractivity contribution is -0.997. The maximum Gasteiger partial charge on any atom is 0.499 e. The van der Waals surface area contributed by atoms with Crippen LogP contribution in [0.3, 0.4) is 0 Å². The standard InChI is InChI=1S/C56H53N3O/c1-34-18-20-35(21-19-34)37-28-29-57-48(30-37)45-33-40(55(8,9)10)32-44-41-15-13-16-47-51(41)59-52(42-14-11-12-17-49(42)60-56(57,59)50(44)45)58(47)46-27-26-39(54(5,6)7)31-43(46)36-22-24-38(25-23-36)53(2,3)4/h11-33H,1-10H3/q+2. The Kier molecular flexibility index (Phi) is 7.46. The van der Waals surface area contributed by atoms with E-state index in [1.54, 1.807) is 0 Å². The highest BCUT2D eigenvalue weighted by atomic mass is 16.5. The number of pyridine rings is 1. The molecule has 5 heterocycles. The quantitative estimate of drug-likeness (QED) is 0.164. The van der Waals surface area contributed by atoms with Crippen molar-refractivity contribution in [1.82, 2.24) is 4.57 Å². The molecule has 8 aromatic rings. The van der Waals surface area contributed by atoms with Gasteiger partial charge in [-0.2, -0.15) is 4.57 Å². The second kappa shape index (κ2) is 12.2. The van der Waals surface area contributed by atoms with E-state index in [-0.39, 0.29) is 16.2 Å². The molecule has 0 amide bonds. The third-order valence-electron chi connectivity index (χ3n) is 13.3. The fourth-order valence-corrected chi connectivity index (χ4v) is 9.96. The summed E-state index contributed by atoms with van der Waals surface area (Å²) in [6, 6.07) is 50.4. The van der Waals surface area contributed by atoms with Gasteiger partial charge in [-0.05, 0) is 105 Å². The van der Waals surface area contributed by atoms with E-state index in [1.807, 2.05) is 0 Å². The molecule has 1 atom stereocenters. The van der Waals surface area contributed by atoms with E-state index in [1.165, 1.54) is 72.3 Å². The number of aryl methyl sites for hydroxylation is 1. The fourth-order valence-electron chi connectivity index (χ4n) is 9.96. The summed E-state index contributed by atoms with van der Waals surface area (Å²) in [5.74, 6) is 0.964. The number of benzene rings is 6. The smallest absolute Gasteiger partial charge is 0.392 e. The van der Waals surface area contributed by atoms with Crippen molar-refractivity contribution < 1.29 is 13.9 Å². The molecule has 0 radical (unpaired) electrons. The van der Waals surface area contributed by atoms with Crippen molar-refractivity contribution in [1.29, 1.82) is 0 Å². The first-order chi connectivity index (χ1) is 28.5. The highest BCUT2D eigenvalue weighted by molar-refractivity contribution is 5.98. The summed E-state index contributed by atoms with van der Waals surface area (Å²) >= 11 is 0. The van der Waals surface area contributed by atoms with Gasteiger partial charge in [0.1, 0.15) is 22.6 Å². The topological polar surface area (TPSA) is 21.9 Å². The number of fused-ring (bicyclic) bond motifs is 5. The number of ether oxygens (including phenoxy) is 1. The van der Waals surface area contributed by atoms with Gasteiger partial charge >= 0.3 is 11.7 Å². The second-order valence-electron chi connectivity index (χ2n) is 20.4. The molecule has 296 valence electrons. The Morgan fingerprint density at radius 2 is 1.15 bits per heavy atom. The molecule has 1 unspecified atom stereocenters. The first-order valence-corrected chi connectivity index (χ1v) is 21.5. The zero-order valence-electron chi connectivity index (χ0n) is 36.5. The van der Waals surface area contributed by atoms with Gasteiger partial charge < -0.3 is 4.74 Å². The molecule has 4 heteroatoms. The van der Waals surface area contributed by atoms with E-state index in [0.717, 1.165) is 34.0 Å². The van der Waals surface area contributed by atoms with Crippen LogP contribution in [0.25, 0.3) is 72.7 Å². The molecule has 3 aliphatic heterocycles. The predicted molar refractivity (Wildman–Crippen MR) is 245 cm³/mol. The van der Waals surface area contributed by atoms with Crippen molar-refractivity contribution >= 4 is 11.0 Å². The Hall–Kier alpha value is -6.26. The Morgan fingerprint density at radius 1 is 0.517 bits per heavy atom. The Labute approximate surface area is 354 Å². The molecule has 6 aromatic carbocycles. The summed E-state index contributed by atoms with van der Waals surface area (Å²) in [7, 11) is 0. The summed E-state index contributed by atoms with van der Waals surface area (Å²) in [5, 5.41) is 0. The molecule has 0 fully saturated rings. The van der Waals surface area contributed by atoms with Crippen LogP contribution in [0.2, 0.25) is 0 Å². The summed E-state index contributed by atoms with van der Waals surface area (Å²) in [5.41, 5.74) is 20.5. The van der Waals surface area contributed by atoms with Gasteiger partial charge in [0, 0.05) is 28.8 Å². The monoisotopic (exact) mass is 783 g/mol.